The van der Waals surface area contributed by atoms with Gasteiger partial charge in [-0.15, -0.1) is 24.0 Å². The molecule has 0 aromatic heterocycles. The number of carbonyl (C=O) groups excluding carboxylic acids is 1. The lowest BCUT2D eigenvalue weighted by Gasteiger charge is -2.19. The number of para-hydroxylation sites is 2. The summed E-state index contributed by atoms with van der Waals surface area (Å²) in [6.45, 7) is 5.86. The minimum absolute atomic E-state index is 0. The highest BCUT2D eigenvalue weighted by Gasteiger charge is 2.10. The first-order valence-electron chi connectivity index (χ1n) is 10.1. The summed E-state index contributed by atoms with van der Waals surface area (Å²) in [4.78, 5) is 18.2. The van der Waals surface area contributed by atoms with Gasteiger partial charge in [-0.3, -0.25) is 4.79 Å². The second kappa shape index (κ2) is 13.7. The van der Waals surface area contributed by atoms with E-state index >= 15 is 0 Å². The van der Waals surface area contributed by atoms with E-state index in [2.05, 4.69) is 15.6 Å². The summed E-state index contributed by atoms with van der Waals surface area (Å²) in [6, 6.07) is 15.1. The van der Waals surface area contributed by atoms with Crippen LogP contribution < -0.4 is 20.1 Å². The summed E-state index contributed by atoms with van der Waals surface area (Å²) in [5.74, 6) is 2.12. The van der Waals surface area contributed by atoms with Gasteiger partial charge in [-0.25, -0.2) is 4.99 Å². The molecule has 1 amide bonds. The molecule has 0 aliphatic carbocycles. The number of rotatable bonds is 9. The van der Waals surface area contributed by atoms with Crippen molar-refractivity contribution in [1.82, 2.24) is 15.5 Å². The Morgan fingerprint density at radius 2 is 1.71 bits per heavy atom. The van der Waals surface area contributed by atoms with E-state index in [-0.39, 0.29) is 36.0 Å². The van der Waals surface area contributed by atoms with Crippen molar-refractivity contribution in [2.45, 2.75) is 26.5 Å². The van der Waals surface area contributed by atoms with Crippen molar-refractivity contribution in [1.29, 1.82) is 0 Å². The first-order valence-corrected chi connectivity index (χ1v) is 10.1. The predicted molar refractivity (Wildman–Crippen MR) is 136 cm³/mol. The number of hydrogen-bond acceptors (Lipinski definition) is 4. The number of halogens is 1. The Bertz CT molecular complexity index is 841. The fourth-order valence-corrected chi connectivity index (χ4v) is 2.74. The van der Waals surface area contributed by atoms with Crippen molar-refractivity contribution < 1.29 is 14.3 Å². The molecule has 0 fully saturated rings. The van der Waals surface area contributed by atoms with Gasteiger partial charge in [-0.1, -0.05) is 24.3 Å². The van der Waals surface area contributed by atoms with E-state index < -0.39 is 0 Å². The number of methoxy groups -OCH3 is 1. The third-order valence-electron chi connectivity index (χ3n) is 4.33. The number of hydrogen-bond donors (Lipinski definition) is 2. The van der Waals surface area contributed by atoms with E-state index in [1.54, 1.807) is 26.1 Å². The van der Waals surface area contributed by atoms with Crippen molar-refractivity contribution in [3.63, 3.8) is 0 Å². The molecule has 8 heteroatoms. The largest absolute Gasteiger partial charge is 0.493 e. The van der Waals surface area contributed by atoms with E-state index in [9.17, 15) is 4.79 Å². The quantitative estimate of drug-likeness (QED) is 0.289. The predicted octanol–water partition coefficient (Wildman–Crippen LogP) is 3.54. The Hall–Kier alpha value is -2.49. The number of benzene rings is 2. The normalized spacial score (nSPS) is 11.7. The van der Waals surface area contributed by atoms with E-state index in [1.807, 2.05) is 62.4 Å². The number of guanidine groups is 1. The molecule has 0 spiro atoms. The molecule has 0 saturated carbocycles. The van der Waals surface area contributed by atoms with Crippen LogP contribution in [0.25, 0.3) is 0 Å². The lowest BCUT2D eigenvalue weighted by Crippen LogP contribution is -2.41. The van der Waals surface area contributed by atoms with E-state index in [0.29, 0.717) is 36.1 Å². The number of nitrogens with one attached hydrogen (secondary N) is 2. The van der Waals surface area contributed by atoms with Gasteiger partial charge in [-0.05, 0) is 43.7 Å². The maximum atomic E-state index is 12.0. The molecular formula is C23H33IN4O3. The van der Waals surface area contributed by atoms with Crippen LogP contribution in [0.3, 0.4) is 0 Å². The number of ether oxygens (including phenoxy) is 2. The van der Waals surface area contributed by atoms with Gasteiger partial charge in [-0.2, -0.15) is 0 Å². The summed E-state index contributed by atoms with van der Waals surface area (Å²) in [7, 11) is 5.12. The molecule has 1 atom stereocenters. The van der Waals surface area contributed by atoms with Gasteiger partial charge in [0.25, 0.3) is 5.91 Å². The minimum Gasteiger partial charge on any atom is -0.493 e. The molecule has 7 nitrogen and oxygen atoms in total. The highest BCUT2D eigenvalue weighted by molar-refractivity contribution is 14.0. The first-order chi connectivity index (χ1) is 14.4. The van der Waals surface area contributed by atoms with Gasteiger partial charge in [0.15, 0.2) is 17.5 Å². The molecule has 0 bridgehead atoms. The summed E-state index contributed by atoms with van der Waals surface area (Å²) < 4.78 is 11.3. The van der Waals surface area contributed by atoms with E-state index in [1.165, 1.54) is 0 Å². The Kier molecular flexibility index (Phi) is 11.8. The Morgan fingerprint density at radius 3 is 2.29 bits per heavy atom. The van der Waals surface area contributed by atoms with Gasteiger partial charge in [0, 0.05) is 26.2 Å². The number of carbonyl (C=O) groups is 1. The summed E-state index contributed by atoms with van der Waals surface area (Å²) in [6.07, 6.45) is -0.0820. The van der Waals surface area contributed by atoms with Crippen LogP contribution in [0, 0.1) is 0 Å². The molecule has 1 unspecified atom stereocenters. The second-order valence-corrected chi connectivity index (χ2v) is 7.05. The van der Waals surface area contributed by atoms with Crippen LogP contribution in [0.4, 0.5) is 0 Å². The van der Waals surface area contributed by atoms with Crippen LogP contribution in [-0.2, 0) is 6.54 Å². The molecule has 31 heavy (non-hydrogen) atoms. The SMILES string of the molecule is CCNC(=NCc1ccc(C(=O)N(C)C)cc1)NCC(C)Oc1ccccc1OC.I. The molecule has 170 valence electrons. The topological polar surface area (TPSA) is 75.2 Å². The number of nitrogens with zero attached hydrogens (tertiary/aromatic N) is 2. The molecule has 0 aliphatic heterocycles. The maximum absolute atomic E-state index is 12.0. The van der Waals surface area contributed by atoms with Crippen LogP contribution >= 0.6 is 24.0 Å². The Morgan fingerprint density at radius 1 is 1.06 bits per heavy atom. The monoisotopic (exact) mass is 540 g/mol. The molecule has 0 radical (unpaired) electrons. The zero-order chi connectivity index (χ0) is 21.9. The molecule has 2 aromatic rings. The van der Waals surface area contributed by atoms with Gasteiger partial charge in [0.05, 0.1) is 20.2 Å². The van der Waals surface area contributed by atoms with Crippen molar-refractivity contribution in [2.75, 3.05) is 34.3 Å². The molecular weight excluding hydrogens is 507 g/mol. The van der Waals surface area contributed by atoms with Crippen LogP contribution in [0.2, 0.25) is 0 Å². The highest BCUT2D eigenvalue weighted by atomic mass is 127. The lowest BCUT2D eigenvalue weighted by molar-refractivity contribution is 0.0827. The van der Waals surface area contributed by atoms with Gasteiger partial charge >= 0.3 is 0 Å². The third-order valence-corrected chi connectivity index (χ3v) is 4.33. The molecule has 2 rings (SSSR count). The van der Waals surface area contributed by atoms with E-state index in [0.717, 1.165) is 12.1 Å². The zero-order valence-corrected chi connectivity index (χ0v) is 21.2. The van der Waals surface area contributed by atoms with Crippen LogP contribution in [0.15, 0.2) is 53.5 Å². The summed E-state index contributed by atoms with van der Waals surface area (Å²) in [5, 5.41) is 6.54. The molecule has 2 N–H and O–H groups in total. The zero-order valence-electron chi connectivity index (χ0n) is 18.8. The first kappa shape index (κ1) is 26.5. The van der Waals surface area contributed by atoms with Crippen molar-refractivity contribution in [3.05, 3.63) is 59.7 Å². The average Bonchev–Trinajstić information content (AvgIpc) is 2.75. The third kappa shape index (κ3) is 8.64. The lowest BCUT2D eigenvalue weighted by atomic mass is 10.1. The molecule has 0 aliphatic rings. The standard InChI is InChI=1S/C23H32N4O3.HI/c1-6-24-23(25-15-17(2)30-21-10-8-7-9-20(21)29-5)26-16-18-11-13-19(14-12-18)22(28)27(3)4;/h7-14,17H,6,15-16H2,1-5H3,(H2,24,25,26);1H. The van der Waals surface area contributed by atoms with E-state index in [4.69, 9.17) is 9.47 Å². The Labute approximate surface area is 202 Å². The van der Waals surface area contributed by atoms with Crippen LogP contribution in [0.1, 0.15) is 29.8 Å². The van der Waals surface area contributed by atoms with Gasteiger partial charge in [0.1, 0.15) is 6.10 Å². The highest BCUT2D eigenvalue weighted by Crippen LogP contribution is 2.26. The number of amides is 1. The molecule has 2 aromatic carbocycles. The van der Waals surface area contributed by atoms with Crippen molar-refractivity contribution in [3.8, 4) is 11.5 Å². The fourth-order valence-electron chi connectivity index (χ4n) is 2.74. The van der Waals surface area contributed by atoms with Crippen LogP contribution in [0.5, 0.6) is 11.5 Å². The van der Waals surface area contributed by atoms with Crippen LogP contribution in [-0.4, -0.2) is 57.2 Å². The van der Waals surface area contributed by atoms with Crippen molar-refractivity contribution >= 4 is 35.8 Å². The average molecular weight is 540 g/mol. The molecule has 0 heterocycles. The Balaban J connectivity index is 0.00000480. The summed E-state index contributed by atoms with van der Waals surface area (Å²) in [5.41, 5.74) is 1.70. The van der Waals surface area contributed by atoms with Gasteiger partial charge in [0.2, 0.25) is 0 Å². The second-order valence-electron chi connectivity index (χ2n) is 7.05. The minimum atomic E-state index is -0.0820. The van der Waals surface area contributed by atoms with Gasteiger partial charge < -0.3 is 25.0 Å². The summed E-state index contributed by atoms with van der Waals surface area (Å²) >= 11 is 0. The smallest absolute Gasteiger partial charge is 0.253 e. The maximum Gasteiger partial charge on any atom is 0.253 e. The van der Waals surface area contributed by atoms with Crippen molar-refractivity contribution in [2.24, 2.45) is 4.99 Å². The number of aliphatic imine (C=N–C) groups is 1. The molecule has 0 saturated heterocycles. The fraction of sp³-hybridized carbons (Fsp3) is 0.391.